The first-order valence-corrected chi connectivity index (χ1v) is 8.68. The van der Waals surface area contributed by atoms with Gasteiger partial charge in [-0.3, -0.25) is 14.3 Å². The van der Waals surface area contributed by atoms with Crippen LogP contribution in [0, 0.1) is 0 Å². The number of carboxylic acid groups (broad SMARTS) is 1. The lowest BCUT2D eigenvalue weighted by Gasteiger charge is -2.33. The largest absolute Gasteiger partial charge is 0.480 e. The van der Waals surface area contributed by atoms with Gasteiger partial charge in [-0.05, 0) is 18.9 Å². The van der Waals surface area contributed by atoms with Gasteiger partial charge in [-0.2, -0.15) is 5.10 Å². The zero-order valence-corrected chi connectivity index (χ0v) is 14.4. The van der Waals surface area contributed by atoms with Gasteiger partial charge in [0.2, 0.25) is 0 Å². The van der Waals surface area contributed by atoms with Gasteiger partial charge in [0, 0.05) is 18.7 Å². The van der Waals surface area contributed by atoms with E-state index in [0.29, 0.717) is 11.4 Å². The summed E-state index contributed by atoms with van der Waals surface area (Å²) in [4.78, 5) is 25.8. The summed E-state index contributed by atoms with van der Waals surface area (Å²) in [7, 11) is 1.72. The second kappa shape index (κ2) is 7.51. The molecule has 1 saturated carbocycles. The third-order valence-corrected chi connectivity index (χ3v) is 4.75. The molecule has 1 N–H and O–H groups in total. The molecule has 1 aromatic carbocycles. The lowest BCUT2D eigenvalue weighted by atomic mass is 9.94. The van der Waals surface area contributed by atoms with Crippen LogP contribution in [-0.2, 0) is 11.8 Å². The molecule has 1 aliphatic carbocycles. The second-order valence-electron chi connectivity index (χ2n) is 6.52. The fourth-order valence-electron chi connectivity index (χ4n) is 3.47. The van der Waals surface area contributed by atoms with Gasteiger partial charge in [0.05, 0.1) is 5.69 Å². The third-order valence-electron chi connectivity index (χ3n) is 4.75. The fourth-order valence-corrected chi connectivity index (χ4v) is 3.47. The first-order chi connectivity index (χ1) is 12.1. The molecule has 0 radical (unpaired) electrons. The van der Waals surface area contributed by atoms with E-state index in [1.54, 1.807) is 17.8 Å². The van der Waals surface area contributed by atoms with E-state index in [2.05, 4.69) is 5.10 Å². The number of hydrogen-bond donors (Lipinski definition) is 1. The van der Waals surface area contributed by atoms with Gasteiger partial charge < -0.3 is 10.0 Å². The van der Waals surface area contributed by atoms with Gasteiger partial charge in [0.15, 0.2) is 0 Å². The summed E-state index contributed by atoms with van der Waals surface area (Å²) in [5.74, 6) is -1.24. The molecule has 1 amide bonds. The van der Waals surface area contributed by atoms with E-state index in [1.807, 2.05) is 30.3 Å². The van der Waals surface area contributed by atoms with Crippen LogP contribution in [-0.4, -0.2) is 44.3 Å². The number of benzene rings is 1. The minimum absolute atomic E-state index is 0.00701. The van der Waals surface area contributed by atoms with Gasteiger partial charge in [0.25, 0.3) is 5.91 Å². The quantitative estimate of drug-likeness (QED) is 0.907. The number of amides is 1. The Kier molecular flexibility index (Phi) is 5.16. The predicted molar refractivity (Wildman–Crippen MR) is 94.2 cm³/mol. The lowest BCUT2D eigenvalue weighted by Crippen LogP contribution is -2.45. The Balaban J connectivity index is 1.88. The number of rotatable bonds is 5. The van der Waals surface area contributed by atoms with Gasteiger partial charge in [0.1, 0.15) is 12.2 Å². The molecule has 1 aromatic heterocycles. The number of aromatic nitrogens is 2. The van der Waals surface area contributed by atoms with Crippen molar-refractivity contribution in [2.45, 2.75) is 38.1 Å². The van der Waals surface area contributed by atoms with Crippen molar-refractivity contribution in [3.8, 4) is 11.3 Å². The molecule has 132 valence electrons. The molecule has 0 bridgehead atoms. The average molecular weight is 341 g/mol. The number of carbonyl (C=O) groups is 2. The summed E-state index contributed by atoms with van der Waals surface area (Å²) in [6, 6.07) is 11.4. The van der Waals surface area contributed by atoms with Crippen LogP contribution in [0.5, 0.6) is 0 Å². The molecule has 1 aliphatic rings. The number of hydrogen-bond acceptors (Lipinski definition) is 3. The van der Waals surface area contributed by atoms with Crippen molar-refractivity contribution in [3.63, 3.8) is 0 Å². The molecular weight excluding hydrogens is 318 g/mol. The van der Waals surface area contributed by atoms with E-state index in [1.165, 1.54) is 4.90 Å². The zero-order chi connectivity index (χ0) is 17.8. The molecule has 1 heterocycles. The molecular formula is C19H23N3O3. The SMILES string of the molecule is Cn1nc(-c2ccccc2)cc1C(=O)N(CC(=O)O)C1CCCCC1. The molecule has 0 unspecified atom stereocenters. The molecule has 3 rings (SSSR count). The molecule has 0 aliphatic heterocycles. The van der Waals surface area contributed by atoms with Crippen molar-refractivity contribution in [2.75, 3.05) is 6.54 Å². The van der Waals surface area contributed by atoms with Crippen LogP contribution in [0.1, 0.15) is 42.6 Å². The van der Waals surface area contributed by atoms with Crippen molar-refractivity contribution in [2.24, 2.45) is 7.05 Å². The van der Waals surface area contributed by atoms with Gasteiger partial charge in [-0.15, -0.1) is 0 Å². The van der Waals surface area contributed by atoms with Crippen LogP contribution in [0.2, 0.25) is 0 Å². The summed E-state index contributed by atoms with van der Waals surface area (Å²) >= 11 is 0. The summed E-state index contributed by atoms with van der Waals surface area (Å²) in [5, 5.41) is 13.7. The minimum Gasteiger partial charge on any atom is -0.480 e. The Morgan fingerprint density at radius 3 is 2.52 bits per heavy atom. The highest BCUT2D eigenvalue weighted by Gasteiger charge is 2.30. The molecule has 1 fully saturated rings. The molecule has 6 heteroatoms. The molecule has 0 spiro atoms. The summed E-state index contributed by atoms with van der Waals surface area (Å²) in [6.07, 6.45) is 4.95. The molecule has 6 nitrogen and oxygen atoms in total. The molecule has 25 heavy (non-hydrogen) atoms. The Morgan fingerprint density at radius 1 is 1.20 bits per heavy atom. The monoisotopic (exact) mass is 341 g/mol. The number of aliphatic carboxylic acids is 1. The van der Waals surface area contributed by atoms with E-state index in [4.69, 9.17) is 0 Å². The average Bonchev–Trinajstić information content (AvgIpc) is 3.02. The van der Waals surface area contributed by atoms with Crippen LogP contribution in [0.25, 0.3) is 11.3 Å². The Morgan fingerprint density at radius 2 is 1.88 bits per heavy atom. The first kappa shape index (κ1) is 17.2. The van der Waals surface area contributed by atoms with Crippen molar-refractivity contribution in [1.82, 2.24) is 14.7 Å². The Bertz CT molecular complexity index is 749. The standard InChI is InChI=1S/C19H23N3O3/c1-21-17(12-16(20-21)14-8-4-2-5-9-14)19(25)22(13-18(23)24)15-10-6-3-7-11-15/h2,4-5,8-9,12,15H,3,6-7,10-11,13H2,1H3,(H,23,24). The maximum atomic E-state index is 13.0. The van der Waals surface area contributed by atoms with Crippen LogP contribution < -0.4 is 0 Å². The second-order valence-corrected chi connectivity index (χ2v) is 6.52. The highest BCUT2D eigenvalue weighted by molar-refractivity contribution is 5.95. The van der Waals surface area contributed by atoms with Crippen molar-refractivity contribution in [1.29, 1.82) is 0 Å². The summed E-state index contributed by atoms with van der Waals surface area (Å²) in [6.45, 7) is -0.269. The topological polar surface area (TPSA) is 75.4 Å². The van der Waals surface area contributed by atoms with Crippen LogP contribution in [0.15, 0.2) is 36.4 Å². The van der Waals surface area contributed by atoms with Gasteiger partial charge in [-0.25, -0.2) is 0 Å². The van der Waals surface area contributed by atoms with Gasteiger partial charge in [-0.1, -0.05) is 49.6 Å². The van der Waals surface area contributed by atoms with E-state index in [-0.39, 0.29) is 18.5 Å². The lowest BCUT2D eigenvalue weighted by molar-refractivity contribution is -0.138. The van der Waals surface area contributed by atoms with E-state index >= 15 is 0 Å². The van der Waals surface area contributed by atoms with E-state index < -0.39 is 5.97 Å². The van der Waals surface area contributed by atoms with E-state index in [0.717, 1.165) is 37.7 Å². The number of carbonyl (C=O) groups excluding carboxylic acids is 1. The van der Waals surface area contributed by atoms with Crippen molar-refractivity contribution >= 4 is 11.9 Å². The van der Waals surface area contributed by atoms with Crippen LogP contribution in [0.4, 0.5) is 0 Å². The maximum Gasteiger partial charge on any atom is 0.323 e. The number of carboxylic acids is 1. The van der Waals surface area contributed by atoms with E-state index in [9.17, 15) is 14.7 Å². The van der Waals surface area contributed by atoms with Crippen molar-refractivity contribution in [3.05, 3.63) is 42.1 Å². The normalized spacial score (nSPS) is 15.1. The number of nitrogens with zero attached hydrogens (tertiary/aromatic N) is 3. The minimum atomic E-state index is -0.982. The molecule has 0 atom stereocenters. The van der Waals surface area contributed by atoms with Gasteiger partial charge >= 0.3 is 5.97 Å². The van der Waals surface area contributed by atoms with Crippen LogP contribution >= 0.6 is 0 Å². The number of aryl methyl sites for hydroxylation is 1. The van der Waals surface area contributed by atoms with Crippen molar-refractivity contribution < 1.29 is 14.7 Å². The van der Waals surface area contributed by atoms with Crippen LogP contribution in [0.3, 0.4) is 0 Å². The third kappa shape index (κ3) is 3.90. The first-order valence-electron chi connectivity index (χ1n) is 8.68. The Labute approximate surface area is 147 Å². The smallest absolute Gasteiger partial charge is 0.323 e. The summed E-state index contributed by atoms with van der Waals surface area (Å²) in [5.41, 5.74) is 2.07. The zero-order valence-electron chi connectivity index (χ0n) is 14.4. The Hall–Kier alpha value is -2.63. The highest BCUT2D eigenvalue weighted by Crippen LogP contribution is 2.25. The maximum absolute atomic E-state index is 13.0. The summed E-state index contributed by atoms with van der Waals surface area (Å²) < 4.78 is 1.54. The fraction of sp³-hybridized carbons (Fsp3) is 0.421. The predicted octanol–water partition coefficient (Wildman–Crippen LogP) is 2.95. The highest BCUT2D eigenvalue weighted by atomic mass is 16.4. The molecule has 2 aromatic rings. The molecule has 0 saturated heterocycles.